The third-order valence-electron chi connectivity index (χ3n) is 2.40. The summed E-state index contributed by atoms with van der Waals surface area (Å²) in [5, 5.41) is 0.961. The van der Waals surface area contributed by atoms with Gasteiger partial charge < -0.3 is 4.80 Å². The number of carbonyl (C=O) groups is 1. The number of ketones is 1. The molecule has 3 heteroatoms. The van der Waals surface area contributed by atoms with Crippen molar-refractivity contribution in [2.45, 2.75) is 26.9 Å². The van der Waals surface area contributed by atoms with E-state index in [1.54, 1.807) is 0 Å². The van der Waals surface area contributed by atoms with Crippen LogP contribution < -0.4 is 5.19 Å². The molecule has 1 aromatic rings. The van der Waals surface area contributed by atoms with E-state index in [-0.39, 0.29) is 11.7 Å². The molecule has 0 aliphatic carbocycles. The van der Waals surface area contributed by atoms with Gasteiger partial charge in [0.15, 0.2) is 5.78 Å². The normalized spacial score (nSPS) is 11.9. The number of rotatable bonds is 3. The molecule has 0 saturated carbocycles. The molecule has 0 amide bonds. The van der Waals surface area contributed by atoms with Gasteiger partial charge in [-0.15, -0.1) is 0 Å². The standard InChI is InChI=1S/C12H18O2Si/c1-9(2)12(13)10-5-7-11(8-6-10)15(3,4)14/h5-9,14H,1-4H3. The first-order valence-corrected chi connectivity index (χ1v) is 8.14. The van der Waals surface area contributed by atoms with E-state index >= 15 is 0 Å². The predicted molar refractivity (Wildman–Crippen MR) is 64.9 cm³/mol. The fraction of sp³-hybridized carbons (Fsp3) is 0.417. The lowest BCUT2D eigenvalue weighted by molar-refractivity contribution is 0.0939. The van der Waals surface area contributed by atoms with E-state index in [4.69, 9.17) is 0 Å². The van der Waals surface area contributed by atoms with Crippen LogP contribution in [0.15, 0.2) is 24.3 Å². The SMILES string of the molecule is CC(C)C(=O)c1ccc([Si](C)(C)O)cc1. The maximum Gasteiger partial charge on any atom is 0.213 e. The molecule has 0 saturated heterocycles. The Balaban J connectivity index is 2.96. The molecule has 1 aromatic carbocycles. The Bertz CT molecular complexity index is 347. The van der Waals surface area contributed by atoms with Gasteiger partial charge in [0.2, 0.25) is 8.32 Å². The number of Topliss-reactive ketones (excluding diaryl/α,β-unsaturated/α-hetero) is 1. The van der Waals surface area contributed by atoms with Crippen LogP contribution in [0, 0.1) is 5.92 Å². The van der Waals surface area contributed by atoms with Gasteiger partial charge in [0.1, 0.15) is 0 Å². The van der Waals surface area contributed by atoms with Gasteiger partial charge in [-0.3, -0.25) is 4.79 Å². The van der Waals surface area contributed by atoms with Gasteiger partial charge in [0.25, 0.3) is 0 Å². The zero-order valence-corrected chi connectivity index (χ0v) is 10.7. The fourth-order valence-electron chi connectivity index (χ4n) is 1.38. The summed E-state index contributed by atoms with van der Waals surface area (Å²) in [5.74, 6) is 0.175. The number of carbonyl (C=O) groups excluding carboxylic acids is 1. The van der Waals surface area contributed by atoms with Crippen LogP contribution in [0.1, 0.15) is 24.2 Å². The Morgan fingerprint density at radius 1 is 1.20 bits per heavy atom. The molecule has 0 aliphatic rings. The minimum Gasteiger partial charge on any atom is -0.428 e. The van der Waals surface area contributed by atoms with Crippen LogP contribution in [0.25, 0.3) is 0 Å². The summed E-state index contributed by atoms with van der Waals surface area (Å²) in [7, 11) is -2.23. The third kappa shape index (κ3) is 3.01. The quantitative estimate of drug-likeness (QED) is 0.627. The number of hydrogen-bond donors (Lipinski definition) is 1. The van der Waals surface area contributed by atoms with Crippen molar-refractivity contribution in [1.82, 2.24) is 0 Å². The molecule has 0 atom stereocenters. The van der Waals surface area contributed by atoms with E-state index in [1.165, 1.54) is 0 Å². The van der Waals surface area contributed by atoms with Crippen molar-refractivity contribution in [2.75, 3.05) is 0 Å². The largest absolute Gasteiger partial charge is 0.428 e. The van der Waals surface area contributed by atoms with E-state index < -0.39 is 8.32 Å². The van der Waals surface area contributed by atoms with E-state index in [0.717, 1.165) is 10.8 Å². The second-order valence-corrected chi connectivity index (χ2v) is 8.35. The van der Waals surface area contributed by atoms with Gasteiger partial charge in [0.05, 0.1) is 0 Å². The molecule has 0 unspecified atom stereocenters. The molecular weight excluding hydrogens is 204 g/mol. The maximum atomic E-state index is 11.7. The van der Waals surface area contributed by atoms with Crippen molar-refractivity contribution in [3.8, 4) is 0 Å². The lowest BCUT2D eigenvalue weighted by Crippen LogP contribution is -2.41. The molecule has 82 valence electrons. The number of benzene rings is 1. The van der Waals surface area contributed by atoms with Crippen molar-refractivity contribution in [3.05, 3.63) is 29.8 Å². The van der Waals surface area contributed by atoms with Gasteiger partial charge in [-0.2, -0.15) is 0 Å². The van der Waals surface area contributed by atoms with Crippen molar-refractivity contribution < 1.29 is 9.59 Å². The molecule has 1 N–H and O–H groups in total. The second-order valence-electron chi connectivity index (χ2n) is 4.66. The van der Waals surface area contributed by atoms with Crippen LogP contribution in [0.4, 0.5) is 0 Å². The molecule has 15 heavy (non-hydrogen) atoms. The maximum absolute atomic E-state index is 11.7. The lowest BCUT2D eigenvalue weighted by atomic mass is 10.0. The molecule has 1 rings (SSSR count). The highest BCUT2D eigenvalue weighted by Gasteiger charge is 2.20. The molecular formula is C12H18O2Si. The summed E-state index contributed by atoms with van der Waals surface area (Å²) in [6, 6.07) is 7.34. The highest BCUT2D eigenvalue weighted by molar-refractivity contribution is 6.83. The Hall–Kier alpha value is -0.933. The zero-order valence-electron chi connectivity index (χ0n) is 9.74. The first-order valence-electron chi connectivity index (χ1n) is 5.19. The average molecular weight is 222 g/mol. The first kappa shape index (κ1) is 12.1. The summed E-state index contributed by atoms with van der Waals surface area (Å²) in [6.45, 7) is 7.51. The molecule has 0 aliphatic heterocycles. The molecule has 0 fully saturated rings. The second kappa shape index (κ2) is 4.29. The van der Waals surface area contributed by atoms with Crippen molar-refractivity contribution >= 4 is 19.3 Å². The molecule has 2 nitrogen and oxygen atoms in total. The van der Waals surface area contributed by atoms with E-state index in [0.29, 0.717) is 0 Å². The summed E-state index contributed by atoms with van der Waals surface area (Å²) in [4.78, 5) is 21.5. The highest BCUT2D eigenvalue weighted by Crippen LogP contribution is 2.08. The van der Waals surface area contributed by atoms with Crippen LogP contribution in [-0.4, -0.2) is 18.9 Å². The van der Waals surface area contributed by atoms with Crippen LogP contribution in [0.5, 0.6) is 0 Å². The Morgan fingerprint density at radius 2 is 1.67 bits per heavy atom. The summed E-state index contributed by atoms with van der Waals surface area (Å²) >= 11 is 0. The first-order chi connectivity index (χ1) is 6.82. The van der Waals surface area contributed by atoms with Gasteiger partial charge in [0, 0.05) is 11.5 Å². The van der Waals surface area contributed by atoms with E-state index in [9.17, 15) is 9.59 Å². The van der Waals surface area contributed by atoms with Crippen molar-refractivity contribution in [1.29, 1.82) is 0 Å². The number of hydrogen-bond acceptors (Lipinski definition) is 2. The Labute approximate surface area is 92.1 Å². The monoisotopic (exact) mass is 222 g/mol. The smallest absolute Gasteiger partial charge is 0.213 e. The predicted octanol–water partition coefficient (Wildman–Crippen LogP) is 1.93. The minimum atomic E-state index is -2.23. The molecule has 0 aromatic heterocycles. The summed E-state index contributed by atoms with van der Waals surface area (Å²) in [6.07, 6.45) is 0. The summed E-state index contributed by atoms with van der Waals surface area (Å²) in [5.41, 5.74) is 0.729. The van der Waals surface area contributed by atoms with Crippen molar-refractivity contribution in [2.24, 2.45) is 5.92 Å². The zero-order chi connectivity index (χ0) is 11.6. The van der Waals surface area contributed by atoms with Gasteiger partial charge in [-0.05, 0) is 18.3 Å². The fourth-order valence-corrected chi connectivity index (χ4v) is 2.36. The van der Waals surface area contributed by atoms with Gasteiger partial charge >= 0.3 is 0 Å². The summed E-state index contributed by atoms with van der Waals surface area (Å²) < 4.78 is 0. The van der Waals surface area contributed by atoms with Crippen molar-refractivity contribution in [3.63, 3.8) is 0 Å². The Kier molecular flexibility index (Phi) is 3.47. The van der Waals surface area contributed by atoms with Gasteiger partial charge in [-0.25, -0.2) is 0 Å². The molecule has 0 bridgehead atoms. The lowest BCUT2D eigenvalue weighted by Gasteiger charge is -2.14. The molecule has 0 heterocycles. The van der Waals surface area contributed by atoms with E-state index in [1.807, 2.05) is 51.2 Å². The van der Waals surface area contributed by atoms with Gasteiger partial charge in [-0.1, -0.05) is 38.1 Å². The van der Waals surface area contributed by atoms with Crippen LogP contribution in [-0.2, 0) is 0 Å². The Morgan fingerprint density at radius 3 is 2.00 bits per heavy atom. The highest BCUT2D eigenvalue weighted by atomic mass is 28.4. The van der Waals surface area contributed by atoms with Crippen LogP contribution in [0.3, 0.4) is 0 Å². The van der Waals surface area contributed by atoms with Crippen LogP contribution >= 0.6 is 0 Å². The third-order valence-corrected chi connectivity index (χ3v) is 4.15. The van der Waals surface area contributed by atoms with E-state index in [2.05, 4.69) is 0 Å². The molecule has 0 radical (unpaired) electrons. The molecule has 0 spiro atoms. The average Bonchev–Trinajstić information content (AvgIpc) is 2.15. The minimum absolute atomic E-state index is 0.0234. The topological polar surface area (TPSA) is 37.3 Å². The van der Waals surface area contributed by atoms with Crippen LogP contribution in [0.2, 0.25) is 13.1 Å².